The van der Waals surface area contributed by atoms with E-state index in [2.05, 4.69) is 5.10 Å². The maximum Gasteiger partial charge on any atom is 0.387 e. The fourth-order valence-corrected chi connectivity index (χ4v) is 4.28. The van der Waals surface area contributed by atoms with Crippen LogP contribution in [0.5, 0.6) is 5.75 Å². The zero-order valence-electron chi connectivity index (χ0n) is 17.3. The molecule has 2 aromatic rings. The first kappa shape index (κ1) is 21.2. The lowest BCUT2D eigenvalue weighted by Crippen LogP contribution is -2.14. The summed E-state index contributed by atoms with van der Waals surface area (Å²) in [5, 5.41) is 5.02. The predicted molar refractivity (Wildman–Crippen MR) is 110 cm³/mol. The molecule has 0 amide bonds. The number of benzene rings is 1. The third kappa shape index (κ3) is 5.56. The molecule has 164 valence electrons. The minimum absolute atomic E-state index is 0.0544. The van der Waals surface area contributed by atoms with E-state index in [-0.39, 0.29) is 23.5 Å². The van der Waals surface area contributed by atoms with Crippen molar-refractivity contribution in [2.75, 3.05) is 13.2 Å². The van der Waals surface area contributed by atoms with Gasteiger partial charge in [-0.3, -0.25) is 9.48 Å². The number of ether oxygens (including phenoxy) is 2. The van der Waals surface area contributed by atoms with E-state index in [1.165, 1.54) is 44.9 Å². The van der Waals surface area contributed by atoms with Gasteiger partial charge in [-0.15, -0.1) is 0 Å². The van der Waals surface area contributed by atoms with Crippen molar-refractivity contribution < 1.29 is 23.0 Å². The SMILES string of the molecule is O=C(CCCOCC1CC1)c1ccc2nn(CC3CCCCC3)cc2c1OC(F)F. The molecule has 1 aromatic heterocycles. The van der Waals surface area contributed by atoms with Crippen LogP contribution >= 0.6 is 0 Å². The zero-order valence-corrected chi connectivity index (χ0v) is 17.3. The minimum Gasteiger partial charge on any atom is -0.433 e. The maximum atomic E-state index is 13.1. The van der Waals surface area contributed by atoms with Crippen LogP contribution in [0.25, 0.3) is 10.9 Å². The van der Waals surface area contributed by atoms with E-state index >= 15 is 0 Å². The highest BCUT2D eigenvalue weighted by Crippen LogP contribution is 2.33. The van der Waals surface area contributed by atoms with E-state index in [0.717, 1.165) is 13.2 Å². The Balaban J connectivity index is 1.47. The van der Waals surface area contributed by atoms with Gasteiger partial charge in [-0.1, -0.05) is 19.3 Å². The molecule has 0 N–H and O–H groups in total. The van der Waals surface area contributed by atoms with Crippen LogP contribution in [0.4, 0.5) is 8.78 Å². The quantitative estimate of drug-likeness (QED) is 0.350. The highest BCUT2D eigenvalue weighted by molar-refractivity contribution is 6.04. The summed E-state index contributed by atoms with van der Waals surface area (Å²) in [5.41, 5.74) is 0.771. The van der Waals surface area contributed by atoms with Crippen LogP contribution < -0.4 is 4.74 Å². The van der Waals surface area contributed by atoms with Gasteiger partial charge in [0, 0.05) is 32.4 Å². The molecule has 2 saturated carbocycles. The van der Waals surface area contributed by atoms with Gasteiger partial charge in [0.05, 0.1) is 16.5 Å². The summed E-state index contributed by atoms with van der Waals surface area (Å²) >= 11 is 0. The van der Waals surface area contributed by atoms with E-state index < -0.39 is 6.61 Å². The first-order valence-electron chi connectivity index (χ1n) is 11.2. The van der Waals surface area contributed by atoms with Crippen LogP contribution in [0.15, 0.2) is 18.3 Å². The number of hydrogen-bond donors (Lipinski definition) is 0. The molecule has 2 fully saturated rings. The second kappa shape index (κ2) is 9.86. The Kier molecular flexibility index (Phi) is 6.97. The van der Waals surface area contributed by atoms with Crippen molar-refractivity contribution in [3.8, 4) is 5.75 Å². The smallest absolute Gasteiger partial charge is 0.387 e. The number of aromatic nitrogens is 2. The number of rotatable bonds is 11. The summed E-state index contributed by atoms with van der Waals surface area (Å²) in [6, 6.07) is 3.28. The summed E-state index contributed by atoms with van der Waals surface area (Å²) in [7, 11) is 0. The van der Waals surface area contributed by atoms with E-state index in [1.54, 1.807) is 18.3 Å². The molecule has 5 nitrogen and oxygen atoms in total. The number of alkyl halides is 2. The number of carbonyl (C=O) groups is 1. The molecule has 0 spiro atoms. The highest BCUT2D eigenvalue weighted by atomic mass is 19.3. The molecule has 1 aromatic carbocycles. The number of halogens is 2. The second-order valence-electron chi connectivity index (χ2n) is 8.65. The summed E-state index contributed by atoms with van der Waals surface area (Å²) in [6.45, 7) is -0.968. The summed E-state index contributed by atoms with van der Waals surface area (Å²) in [4.78, 5) is 12.7. The van der Waals surface area contributed by atoms with Crippen molar-refractivity contribution in [3.05, 3.63) is 23.9 Å². The number of fused-ring (bicyclic) bond motifs is 1. The maximum absolute atomic E-state index is 13.1. The molecule has 2 aliphatic rings. The Morgan fingerprint density at radius 1 is 1.13 bits per heavy atom. The molecule has 2 aliphatic carbocycles. The number of nitrogens with zero attached hydrogens (tertiary/aromatic N) is 2. The lowest BCUT2D eigenvalue weighted by atomic mass is 9.89. The molecule has 7 heteroatoms. The van der Waals surface area contributed by atoms with Crippen LogP contribution in [0.3, 0.4) is 0 Å². The third-order valence-corrected chi connectivity index (χ3v) is 6.11. The Labute approximate surface area is 175 Å². The van der Waals surface area contributed by atoms with Gasteiger partial charge in [-0.2, -0.15) is 13.9 Å². The van der Waals surface area contributed by atoms with Crippen molar-refractivity contribution in [1.29, 1.82) is 0 Å². The van der Waals surface area contributed by atoms with E-state index in [1.807, 2.05) is 4.68 Å². The molecule has 0 unspecified atom stereocenters. The molecular formula is C23H30F2N2O3. The molecule has 0 aliphatic heterocycles. The largest absolute Gasteiger partial charge is 0.433 e. The minimum atomic E-state index is -2.99. The fourth-order valence-electron chi connectivity index (χ4n) is 4.28. The van der Waals surface area contributed by atoms with Crippen molar-refractivity contribution in [2.45, 2.75) is 70.9 Å². The third-order valence-electron chi connectivity index (χ3n) is 6.11. The summed E-state index contributed by atoms with van der Waals surface area (Å²) in [5.74, 6) is 0.979. The molecular weight excluding hydrogens is 390 g/mol. The summed E-state index contributed by atoms with van der Waals surface area (Å²) in [6.07, 6.45) is 11.1. The standard InChI is InChI=1S/C23H30F2N2O3/c24-23(25)30-22-18(21(28)7-4-12-29-15-17-8-9-17)10-11-20-19(22)14-27(26-20)13-16-5-2-1-3-6-16/h10-11,14,16-17,23H,1-9,12-13,15H2. The van der Waals surface area contributed by atoms with Crippen LogP contribution in [-0.4, -0.2) is 35.4 Å². The van der Waals surface area contributed by atoms with Gasteiger partial charge in [0.2, 0.25) is 0 Å². The molecule has 30 heavy (non-hydrogen) atoms. The van der Waals surface area contributed by atoms with Crippen LogP contribution in [0.2, 0.25) is 0 Å². The number of Topliss-reactive ketones (excluding diaryl/α,β-unsaturated/α-hetero) is 1. The number of ketones is 1. The monoisotopic (exact) mass is 420 g/mol. The fraction of sp³-hybridized carbons (Fsp3) is 0.652. The highest BCUT2D eigenvalue weighted by Gasteiger charge is 2.23. The lowest BCUT2D eigenvalue weighted by molar-refractivity contribution is -0.0491. The molecule has 4 rings (SSSR count). The van der Waals surface area contributed by atoms with Crippen molar-refractivity contribution >= 4 is 16.7 Å². The molecule has 1 heterocycles. The van der Waals surface area contributed by atoms with Gasteiger partial charge in [0.1, 0.15) is 5.75 Å². The van der Waals surface area contributed by atoms with Crippen LogP contribution in [0.1, 0.15) is 68.1 Å². The topological polar surface area (TPSA) is 53.3 Å². The van der Waals surface area contributed by atoms with E-state index in [4.69, 9.17) is 9.47 Å². The van der Waals surface area contributed by atoms with Gasteiger partial charge in [0.25, 0.3) is 0 Å². The Morgan fingerprint density at radius 2 is 1.93 bits per heavy atom. The van der Waals surface area contributed by atoms with Crippen molar-refractivity contribution in [1.82, 2.24) is 9.78 Å². The van der Waals surface area contributed by atoms with Crippen LogP contribution in [0, 0.1) is 11.8 Å². The predicted octanol–water partition coefficient (Wildman–Crippen LogP) is 5.61. The molecule has 0 atom stereocenters. The first-order valence-corrected chi connectivity index (χ1v) is 11.2. The Morgan fingerprint density at radius 3 is 2.67 bits per heavy atom. The lowest BCUT2D eigenvalue weighted by Gasteiger charge is -2.21. The van der Waals surface area contributed by atoms with Crippen molar-refractivity contribution in [3.63, 3.8) is 0 Å². The van der Waals surface area contributed by atoms with Crippen molar-refractivity contribution in [2.24, 2.45) is 11.8 Å². The van der Waals surface area contributed by atoms with Gasteiger partial charge < -0.3 is 9.47 Å². The summed E-state index contributed by atoms with van der Waals surface area (Å²) < 4.78 is 38.4. The molecule has 0 bridgehead atoms. The van der Waals surface area contributed by atoms with Gasteiger partial charge in [0.15, 0.2) is 5.78 Å². The van der Waals surface area contributed by atoms with Gasteiger partial charge in [-0.25, -0.2) is 0 Å². The number of carbonyl (C=O) groups excluding carboxylic acids is 1. The average molecular weight is 421 g/mol. The normalized spacial score (nSPS) is 17.7. The number of hydrogen-bond acceptors (Lipinski definition) is 4. The average Bonchev–Trinajstić information content (AvgIpc) is 3.46. The van der Waals surface area contributed by atoms with Gasteiger partial charge >= 0.3 is 6.61 Å². The Bertz CT molecular complexity index is 857. The first-order chi connectivity index (χ1) is 14.6. The zero-order chi connectivity index (χ0) is 20.9. The van der Waals surface area contributed by atoms with E-state index in [9.17, 15) is 13.6 Å². The van der Waals surface area contributed by atoms with Crippen LogP contribution in [-0.2, 0) is 11.3 Å². The molecule has 0 radical (unpaired) electrons. The van der Waals surface area contributed by atoms with Gasteiger partial charge in [-0.05, 0) is 56.1 Å². The van der Waals surface area contributed by atoms with E-state index in [0.29, 0.717) is 35.8 Å². The second-order valence-corrected chi connectivity index (χ2v) is 8.65. The molecule has 0 saturated heterocycles. The Hall–Kier alpha value is -2.02.